The molecular formula is C12H23N5. The minimum Gasteiger partial charge on any atom is -0.331 e. The van der Waals surface area contributed by atoms with Crippen LogP contribution in [0.1, 0.15) is 25.6 Å². The molecule has 1 aliphatic rings. The first-order valence-electron chi connectivity index (χ1n) is 6.34. The van der Waals surface area contributed by atoms with Crippen LogP contribution < -0.4 is 5.43 Å². The van der Waals surface area contributed by atoms with Gasteiger partial charge in [0.2, 0.25) is 0 Å². The van der Waals surface area contributed by atoms with E-state index in [1.165, 1.54) is 5.69 Å². The quantitative estimate of drug-likeness (QED) is 0.837. The lowest BCUT2D eigenvalue weighted by atomic mass is 10.3. The Labute approximate surface area is 103 Å². The summed E-state index contributed by atoms with van der Waals surface area (Å²) in [5, 5.41) is 2.30. The zero-order chi connectivity index (χ0) is 12.3. The third-order valence-electron chi connectivity index (χ3n) is 3.29. The van der Waals surface area contributed by atoms with Crippen LogP contribution in [-0.2, 0) is 6.54 Å². The predicted octanol–water partition coefficient (Wildman–Crippen LogP) is 0.716. The van der Waals surface area contributed by atoms with Crippen molar-refractivity contribution >= 4 is 0 Å². The molecular weight excluding hydrogens is 214 g/mol. The van der Waals surface area contributed by atoms with E-state index in [0.29, 0.717) is 6.04 Å². The molecule has 0 unspecified atom stereocenters. The standard InChI is InChI=1S/C12H23N5/c1-11(2)17-10-13-8-12(17)9-14-16-6-4-15(3)5-7-16/h8,10-11,14H,4-7,9H2,1-3H3. The number of imidazole rings is 1. The van der Waals surface area contributed by atoms with Crippen LogP contribution in [-0.4, -0.2) is 52.7 Å². The van der Waals surface area contributed by atoms with E-state index in [2.05, 4.69) is 45.8 Å². The zero-order valence-corrected chi connectivity index (χ0v) is 11.1. The molecule has 1 aliphatic heterocycles. The van der Waals surface area contributed by atoms with Gasteiger partial charge in [-0.25, -0.2) is 15.4 Å². The summed E-state index contributed by atoms with van der Waals surface area (Å²) in [7, 11) is 2.17. The Balaban J connectivity index is 1.83. The van der Waals surface area contributed by atoms with E-state index in [1.54, 1.807) is 0 Å². The number of nitrogens with one attached hydrogen (secondary N) is 1. The van der Waals surface area contributed by atoms with Gasteiger partial charge in [-0.05, 0) is 20.9 Å². The lowest BCUT2D eigenvalue weighted by Gasteiger charge is -2.32. The molecule has 0 atom stereocenters. The van der Waals surface area contributed by atoms with Gasteiger partial charge in [-0.15, -0.1) is 0 Å². The van der Waals surface area contributed by atoms with E-state index in [0.717, 1.165) is 32.7 Å². The maximum atomic E-state index is 4.22. The van der Waals surface area contributed by atoms with E-state index in [9.17, 15) is 0 Å². The number of nitrogens with zero attached hydrogens (tertiary/aromatic N) is 4. The van der Waals surface area contributed by atoms with Crippen molar-refractivity contribution in [2.75, 3.05) is 33.2 Å². The van der Waals surface area contributed by atoms with Crippen LogP contribution in [0.15, 0.2) is 12.5 Å². The highest BCUT2D eigenvalue weighted by Crippen LogP contribution is 2.08. The summed E-state index contributed by atoms with van der Waals surface area (Å²) in [4.78, 5) is 6.57. The van der Waals surface area contributed by atoms with Crippen LogP contribution in [0.3, 0.4) is 0 Å². The fourth-order valence-electron chi connectivity index (χ4n) is 2.09. The number of aromatic nitrogens is 2. The molecule has 0 aliphatic carbocycles. The Morgan fingerprint density at radius 3 is 2.65 bits per heavy atom. The fourth-order valence-corrected chi connectivity index (χ4v) is 2.09. The van der Waals surface area contributed by atoms with E-state index in [4.69, 9.17) is 0 Å². The van der Waals surface area contributed by atoms with Gasteiger partial charge in [0.05, 0.1) is 18.6 Å². The van der Waals surface area contributed by atoms with Crippen LogP contribution in [0.25, 0.3) is 0 Å². The molecule has 0 saturated carbocycles. The summed E-state index contributed by atoms with van der Waals surface area (Å²) < 4.78 is 2.21. The highest BCUT2D eigenvalue weighted by Gasteiger charge is 2.13. The fraction of sp³-hybridized carbons (Fsp3) is 0.750. The predicted molar refractivity (Wildman–Crippen MR) is 68.5 cm³/mol. The summed E-state index contributed by atoms with van der Waals surface area (Å²) in [6, 6.07) is 0.474. The van der Waals surface area contributed by atoms with Crippen LogP contribution in [0.5, 0.6) is 0 Å². The molecule has 0 bridgehead atoms. The largest absolute Gasteiger partial charge is 0.331 e. The Bertz CT molecular complexity index is 338. The first kappa shape index (κ1) is 12.5. The van der Waals surface area contributed by atoms with E-state index in [-0.39, 0.29) is 0 Å². The average molecular weight is 237 g/mol. The molecule has 0 amide bonds. The average Bonchev–Trinajstić information content (AvgIpc) is 2.76. The molecule has 1 saturated heterocycles. The molecule has 1 N–H and O–H groups in total. The number of piperazine rings is 1. The molecule has 96 valence electrons. The van der Waals surface area contributed by atoms with Gasteiger partial charge in [0, 0.05) is 38.4 Å². The van der Waals surface area contributed by atoms with Crippen LogP contribution in [0.4, 0.5) is 0 Å². The third-order valence-corrected chi connectivity index (χ3v) is 3.29. The summed E-state index contributed by atoms with van der Waals surface area (Å²) in [6.45, 7) is 9.68. The Morgan fingerprint density at radius 1 is 1.29 bits per heavy atom. The van der Waals surface area contributed by atoms with Gasteiger partial charge in [0.25, 0.3) is 0 Å². The summed E-state index contributed by atoms with van der Waals surface area (Å²) >= 11 is 0. The van der Waals surface area contributed by atoms with Gasteiger partial charge >= 0.3 is 0 Å². The van der Waals surface area contributed by atoms with E-state index in [1.807, 2.05) is 12.5 Å². The molecule has 1 aromatic heterocycles. The molecule has 1 aromatic rings. The van der Waals surface area contributed by atoms with Gasteiger partial charge < -0.3 is 9.47 Å². The van der Waals surface area contributed by atoms with Gasteiger partial charge in [-0.2, -0.15) is 0 Å². The van der Waals surface area contributed by atoms with Gasteiger partial charge in [0.15, 0.2) is 0 Å². The number of hydrazine groups is 1. The molecule has 0 radical (unpaired) electrons. The molecule has 0 aromatic carbocycles. The summed E-state index contributed by atoms with van der Waals surface area (Å²) in [6.07, 6.45) is 3.86. The van der Waals surface area contributed by atoms with Crippen molar-refractivity contribution in [2.24, 2.45) is 0 Å². The maximum Gasteiger partial charge on any atom is 0.0951 e. The molecule has 2 heterocycles. The number of hydrogen-bond donors (Lipinski definition) is 1. The Kier molecular flexibility index (Phi) is 4.15. The third kappa shape index (κ3) is 3.28. The van der Waals surface area contributed by atoms with Crippen molar-refractivity contribution in [3.05, 3.63) is 18.2 Å². The topological polar surface area (TPSA) is 36.3 Å². The molecule has 5 nitrogen and oxygen atoms in total. The smallest absolute Gasteiger partial charge is 0.0951 e. The van der Waals surface area contributed by atoms with Gasteiger partial charge in [0.1, 0.15) is 0 Å². The second-order valence-electron chi connectivity index (χ2n) is 5.01. The second kappa shape index (κ2) is 5.62. The molecule has 2 rings (SSSR count). The van der Waals surface area contributed by atoms with Crippen molar-refractivity contribution in [3.63, 3.8) is 0 Å². The van der Waals surface area contributed by atoms with Crippen molar-refractivity contribution in [2.45, 2.75) is 26.4 Å². The number of hydrogen-bond acceptors (Lipinski definition) is 4. The molecule has 0 spiro atoms. The summed E-state index contributed by atoms with van der Waals surface area (Å²) in [5.74, 6) is 0. The van der Waals surface area contributed by atoms with Crippen molar-refractivity contribution in [1.29, 1.82) is 0 Å². The first-order valence-corrected chi connectivity index (χ1v) is 6.34. The van der Waals surface area contributed by atoms with Crippen molar-refractivity contribution in [3.8, 4) is 0 Å². The maximum absolute atomic E-state index is 4.22. The molecule has 1 fully saturated rings. The summed E-state index contributed by atoms with van der Waals surface area (Å²) in [5.41, 5.74) is 4.73. The first-order chi connectivity index (χ1) is 8.16. The monoisotopic (exact) mass is 237 g/mol. The zero-order valence-electron chi connectivity index (χ0n) is 11.1. The van der Waals surface area contributed by atoms with Gasteiger partial charge in [-0.1, -0.05) is 0 Å². The van der Waals surface area contributed by atoms with Crippen LogP contribution >= 0.6 is 0 Å². The van der Waals surface area contributed by atoms with E-state index >= 15 is 0 Å². The number of likely N-dealkylation sites (N-methyl/N-ethyl adjacent to an activating group) is 1. The SMILES string of the molecule is CC(C)n1cncc1CNN1CCN(C)CC1. The lowest BCUT2D eigenvalue weighted by Crippen LogP contribution is -2.50. The minimum absolute atomic E-state index is 0.474. The molecule has 17 heavy (non-hydrogen) atoms. The van der Waals surface area contributed by atoms with Crippen molar-refractivity contribution in [1.82, 2.24) is 24.9 Å². The second-order valence-corrected chi connectivity index (χ2v) is 5.01. The highest BCUT2D eigenvalue weighted by atomic mass is 15.5. The Hall–Kier alpha value is -0.910. The minimum atomic E-state index is 0.474. The molecule has 5 heteroatoms. The lowest BCUT2D eigenvalue weighted by molar-refractivity contribution is 0.101. The van der Waals surface area contributed by atoms with Crippen LogP contribution in [0, 0.1) is 0 Å². The number of rotatable bonds is 4. The van der Waals surface area contributed by atoms with Crippen LogP contribution in [0.2, 0.25) is 0 Å². The Morgan fingerprint density at radius 2 is 2.00 bits per heavy atom. The van der Waals surface area contributed by atoms with Gasteiger partial charge in [-0.3, -0.25) is 0 Å². The van der Waals surface area contributed by atoms with Crippen molar-refractivity contribution < 1.29 is 0 Å². The van der Waals surface area contributed by atoms with E-state index < -0.39 is 0 Å². The normalized spacial score (nSPS) is 19.1. The highest BCUT2D eigenvalue weighted by molar-refractivity contribution is 4.99.